The maximum absolute atomic E-state index is 13.5. The lowest BCUT2D eigenvalue weighted by Gasteiger charge is -2.21. The third-order valence-corrected chi connectivity index (χ3v) is 5.36. The van der Waals surface area contributed by atoms with Crippen LogP contribution in [-0.4, -0.2) is 12.7 Å². The summed E-state index contributed by atoms with van der Waals surface area (Å²) in [5.41, 5.74) is 0.745. The number of nitrogens with zero attached hydrogens (tertiary/aromatic N) is 1. The van der Waals surface area contributed by atoms with Crippen molar-refractivity contribution >= 4 is 10.0 Å². The molecule has 1 heterocycles. The molecule has 1 aromatic heterocycles. The molecule has 130 valence electrons. The molecule has 0 aliphatic carbocycles. The molecule has 0 amide bonds. The zero-order valence-corrected chi connectivity index (χ0v) is 13.9. The van der Waals surface area contributed by atoms with E-state index in [9.17, 15) is 17.2 Å². The highest BCUT2D eigenvalue weighted by molar-refractivity contribution is 7.89. The molecular weight excluding hydrogens is 348 g/mol. The van der Waals surface area contributed by atoms with Gasteiger partial charge in [0.25, 0.3) is 0 Å². The Balaban J connectivity index is 1.99. The fraction of sp³-hybridized carbons (Fsp3) is 0.111. The number of halogens is 2. The first-order valence-electron chi connectivity index (χ1n) is 7.48. The van der Waals surface area contributed by atoms with Crippen LogP contribution in [-0.2, 0) is 23.1 Å². The Morgan fingerprint density at radius 3 is 2.16 bits per heavy atom. The van der Waals surface area contributed by atoms with Crippen LogP contribution in [0.1, 0.15) is 11.3 Å². The van der Waals surface area contributed by atoms with E-state index < -0.39 is 26.6 Å². The average Bonchev–Trinajstić information content (AvgIpc) is 3.07. The van der Waals surface area contributed by atoms with E-state index in [0.29, 0.717) is 11.8 Å². The molecule has 0 saturated heterocycles. The summed E-state index contributed by atoms with van der Waals surface area (Å²) in [6, 6.07) is 14.5. The lowest BCUT2D eigenvalue weighted by molar-refractivity contribution is 0.358. The number of benzene rings is 2. The van der Waals surface area contributed by atoms with E-state index in [0.717, 1.165) is 22.0 Å². The van der Waals surface area contributed by atoms with E-state index in [4.69, 9.17) is 4.42 Å². The van der Waals surface area contributed by atoms with Crippen LogP contribution in [0.25, 0.3) is 0 Å². The van der Waals surface area contributed by atoms with Gasteiger partial charge in [-0.15, -0.1) is 0 Å². The summed E-state index contributed by atoms with van der Waals surface area (Å²) < 4.78 is 59.2. The van der Waals surface area contributed by atoms with E-state index in [-0.39, 0.29) is 13.1 Å². The van der Waals surface area contributed by atoms with Gasteiger partial charge in [-0.25, -0.2) is 17.2 Å². The molecule has 0 spiro atoms. The molecule has 0 aliphatic rings. The SMILES string of the molecule is O=S(=O)(c1cc(F)cc(F)c1)N(Cc1ccccc1)Cc1ccco1. The lowest BCUT2D eigenvalue weighted by atomic mass is 10.2. The second-order valence-electron chi connectivity index (χ2n) is 5.44. The van der Waals surface area contributed by atoms with Crippen molar-refractivity contribution < 1.29 is 21.6 Å². The van der Waals surface area contributed by atoms with Crippen LogP contribution in [0.2, 0.25) is 0 Å². The molecule has 7 heteroatoms. The topological polar surface area (TPSA) is 50.5 Å². The Hall–Kier alpha value is -2.51. The van der Waals surface area contributed by atoms with E-state index >= 15 is 0 Å². The van der Waals surface area contributed by atoms with Crippen molar-refractivity contribution in [1.29, 1.82) is 0 Å². The minimum absolute atomic E-state index is 0.0437. The first-order valence-corrected chi connectivity index (χ1v) is 8.92. The highest BCUT2D eigenvalue weighted by atomic mass is 32.2. The zero-order valence-electron chi connectivity index (χ0n) is 13.1. The van der Waals surface area contributed by atoms with Crippen molar-refractivity contribution in [2.75, 3.05) is 0 Å². The first-order chi connectivity index (χ1) is 11.9. The Morgan fingerprint density at radius 2 is 1.56 bits per heavy atom. The maximum atomic E-state index is 13.5. The summed E-state index contributed by atoms with van der Waals surface area (Å²) in [6.45, 7) is -0.00956. The summed E-state index contributed by atoms with van der Waals surface area (Å²) >= 11 is 0. The van der Waals surface area contributed by atoms with Crippen molar-refractivity contribution in [1.82, 2.24) is 4.31 Å². The highest BCUT2D eigenvalue weighted by Crippen LogP contribution is 2.23. The molecule has 0 N–H and O–H groups in total. The number of hydrogen-bond donors (Lipinski definition) is 0. The van der Waals surface area contributed by atoms with Gasteiger partial charge >= 0.3 is 0 Å². The van der Waals surface area contributed by atoms with Crippen LogP contribution in [0.15, 0.2) is 76.2 Å². The van der Waals surface area contributed by atoms with Crippen LogP contribution in [0, 0.1) is 11.6 Å². The van der Waals surface area contributed by atoms with Gasteiger partial charge in [0.05, 0.1) is 17.7 Å². The van der Waals surface area contributed by atoms with Gasteiger partial charge in [-0.1, -0.05) is 30.3 Å². The molecule has 25 heavy (non-hydrogen) atoms. The largest absolute Gasteiger partial charge is 0.468 e. The summed E-state index contributed by atoms with van der Waals surface area (Å²) in [5, 5.41) is 0. The highest BCUT2D eigenvalue weighted by Gasteiger charge is 2.27. The second kappa shape index (κ2) is 7.16. The van der Waals surface area contributed by atoms with Crippen LogP contribution in [0.4, 0.5) is 8.78 Å². The van der Waals surface area contributed by atoms with Crippen LogP contribution in [0.5, 0.6) is 0 Å². The molecular formula is C18H15F2NO3S. The van der Waals surface area contributed by atoms with Crippen LogP contribution in [0.3, 0.4) is 0 Å². The lowest BCUT2D eigenvalue weighted by Crippen LogP contribution is -2.30. The molecule has 0 bridgehead atoms. The van der Waals surface area contributed by atoms with Gasteiger partial charge in [0.15, 0.2) is 0 Å². The van der Waals surface area contributed by atoms with Gasteiger partial charge in [0.1, 0.15) is 17.4 Å². The summed E-state index contributed by atoms with van der Waals surface area (Å²) in [4.78, 5) is -0.438. The van der Waals surface area contributed by atoms with Crippen LogP contribution >= 0.6 is 0 Å². The molecule has 0 unspecified atom stereocenters. The first kappa shape index (κ1) is 17.3. The van der Waals surface area contributed by atoms with Crippen molar-refractivity contribution in [2.45, 2.75) is 18.0 Å². The molecule has 0 aliphatic heterocycles. The zero-order chi connectivity index (χ0) is 17.9. The number of hydrogen-bond acceptors (Lipinski definition) is 3. The van der Waals surface area contributed by atoms with E-state index in [1.165, 1.54) is 6.26 Å². The molecule has 0 saturated carbocycles. The molecule has 0 radical (unpaired) electrons. The number of sulfonamides is 1. The third-order valence-electron chi connectivity index (χ3n) is 3.59. The molecule has 2 aromatic carbocycles. The van der Waals surface area contributed by atoms with Crippen molar-refractivity contribution in [3.8, 4) is 0 Å². The third kappa shape index (κ3) is 4.12. The van der Waals surface area contributed by atoms with Crippen molar-refractivity contribution in [2.24, 2.45) is 0 Å². The van der Waals surface area contributed by atoms with E-state index in [2.05, 4.69) is 0 Å². The molecule has 3 rings (SSSR count). The molecule has 4 nitrogen and oxygen atoms in total. The average molecular weight is 363 g/mol. The summed E-state index contributed by atoms with van der Waals surface area (Å²) in [6.07, 6.45) is 1.44. The minimum Gasteiger partial charge on any atom is -0.468 e. The molecule has 0 fully saturated rings. The van der Waals surface area contributed by atoms with Gasteiger partial charge in [0, 0.05) is 12.6 Å². The van der Waals surface area contributed by atoms with Gasteiger partial charge in [-0.2, -0.15) is 4.31 Å². The Kier molecular flexibility index (Phi) is 4.96. The monoisotopic (exact) mass is 363 g/mol. The van der Waals surface area contributed by atoms with E-state index in [1.807, 2.05) is 6.07 Å². The van der Waals surface area contributed by atoms with Crippen molar-refractivity contribution in [3.63, 3.8) is 0 Å². The quantitative estimate of drug-likeness (QED) is 0.666. The number of rotatable bonds is 6. The Morgan fingerprint density at radius 1 is 0.880 bits per heavy atom. The number of furan rings is 1. The van der Waals surface area contributed by atoms with Crippen molar-refractivity contribution in [3.05, 3.63) is 89.9 Å². The fourth-order valence-corrected chi connectivity index (χ4v) is 3.85. The standard InChI is InChI=1S/C18H15F2NO3S/c19-15-9-16(20)11-18(10-15)25(22,23)21(13-17-7-4-8-24-17)12-14-5-2-1-3-6-14/h1-11H,12-13H2. The van der Waals surface area contributed by atoms with Gasteiger partial charge in [-0.3, -0.25) is 0 Å². The second-order valence-corrected chi connectivity index (χ2v) is 7.38. The minimum atomic E-state index is -4.13. The smallest absolute Gasteiger partial charge is 0.244 e. The fourth-order valence-electron chi connectivity index (χ4n) is 2.42. The predicted octanol–water partition coefficient (Wildman–Crippen LogP) is 3.95. The van der Waals surface area contributed by atoms with Gasteiger partial charge < -0.3 is 4.42 Å². The molecule has 0 atom stereocenters. The molecule has 3 aromatic rings. The van der Waals surface area contributed by atoms with Gasteiger partial charge in [0.2, 0.25) is 10.0 Å². The maximum Gasteiger partial charge on any atom is 0.244 e. The van der Waals surface area contributed by atoms with E-state index in [1.54, 1.807) is 36.4 Å². The summed E-state index contributed by atoms with van der Waals surface area (Å²) in [5.74, 6) is -1.47. The normalized spacial score (nSPS) is 11.8. The van der Waals surface area contributed by atoms with Gasteiger partial charge in [-0.05, 0) is 29.8 Å². The summed E-state index contributed by atoms with van der Waals surface area (Å²) in [7, 11) is -4.13. The Bertz CT molecular complexity index is 921. The Labute approximate surface area is 144 Å². The van der Waals surface area contributed by atoms with Crippen LogP contribution < -0.4 is 0 Å². The predicted molar refractivity (Wildman–Crippen MR) is 87.9 cm³/mol.